The van der Waals surface area contributed by atoms with Gasteiger partial charge in [-0.15, -0.1) is 0 Å². The zero-order valence-electron chi connectivity index (χ0n) is 22.9. The Morgan fingerprint density at radius 1 is 1.05 bits per heavy atom. The van der Waals surface area contributed by atoms with Crippen LogP contribution < -0.4 is 4.90 Å². The summed E-state index contributed by atoms with van der Waals surface area (Å²) in [7, 11) is 0. The minimum Gasteiger partial charge on any atom is -0.361 e. The number of aromatic amines is 1. The molecule has 5 nitrogen and oxygen atoms in total. The van der Waals surface area contributed by atoms with Crippen LogP contribution in [0.3, 0.4) is 0 Å². The summed E-state index contributed by atoms with van der Waals surface area (Å²) in [6, 6.07) is 14.9. The Labute approximate surface area is 228 Å². The van der Waals surface area contributed by atoms with Gasteiger partial charge in [-0.2, -0.15) is 5.10 Å². The van der Waals surface area contributed by atoms with Gasteiger partial charge in [-0.05, 0) is 72.9 Å². The number of pyridine rings is 1. The maximum absolute atomic E-state index is 15.4. The summed E-state index contributed by atoms with van der Waals surface area (Å²) in [6.07, 6.45) is 8.77. The Balaban J connectivity index is 1.43. The average molecular weight is 520 g/mol. The molecule has 1 N–H and O–H groups in total. The van der Waals surface area contributed by atoms with Crippen molar-refractivity contribution in [2.24, 2.45) is 0 Å². The van der Waals surface area contributed by atoms with Gasteiger partial charge in [-0.1, -0.05) is 44.2 Å². The van der Waals surface area contributed by atoms with Crippen LogP contribution in [0.15, 0.2) is 54.9 Å². The second kappa shape index (κ2) is 9.37. The largest absolute Gasteiger partial charge is 0.361 e. The van der Waals surface area contributed by atoms with Gasteiger partial charge in [0, 0.05) is 53.9 Å². The molecular weight excluding hydrogens is 485 g/mol. The van der Waals surface area contributed by atoms with Gasteiger partial charge < -0.3 is 9.88 Å². The Morgan fingerprint density at radius 2 is 1.85 bits per heavy atom. The van der Waals surface area contributed by atoms with Crippen molar-refractivity contribution < 1.29 is 4.39 Å². The van der Waals surface area contributed by atoms with Crippen LogP contribution in [0.5, 0.6) is 0 Å². The van der Waals surface area contributed by atoms with Crippen LogP contribution in [0.25, 0.3) is 27.8 Å². The number of rotatable bonds is 6. The van der Waals surface area contributed by atoms with Gasteiger partial charge in [-0.3, -0.25) is 0 Å². The van der Waals surface area contributed by atoms with Crippen molar-refractivity contribution in [2.75, 3.05) is 11.4 Å². The molecule has 0 atom stereocenters. The van der Waals surface area contributed by atoms with Gasteiger partial charge >= 0.3 is 0 Å². The molecule has 3 aromatic heterocycles. The van der Waals surface area contributed by atoms with Gasteiger partial charge in [0.15, 0.2) is 11.6 Å². The first kappa shape index (κ1) is 24.1. The molecule has 5 aromatic rings. The Kier molecular flexibility index (Phi) is 5.80. The summed E-state index contributed by atoms with van der Waals surface area (Å²) in [6.45, 7) is 7.82. The maximum Gasteiger partial charge on any atom is 0.165 e. The zero-order valence-corrected chi connectivity index (χ0v) is 22.9. The van der Waals surface area contributed by atoms with E-state index in [-0.39, 0.29) is 5.82 Å². The van der Waals surface area contributed by atoms with Crippen LogP contribution in [0.4, 0.5) is 10.2 Å². The lowest BCUT2D eigenvalue weighted by atomic mass is 9.96. The van der Waals surface area contributed by atoms with Crippen LogP contribution >= 0.6 is 0 Å². The highest BCUT2D eigenvalue weighted by Gasteiger charge is 2.31. The van der Waals surface area contributed by atoms with Crippen molar-refractivity contribution in [1.29, 1.82) is 0 Å². The number of nitrogens with zero attached hydrogens (tertiary/aromatic N) is 4. The molecule has 0 unspecified atom stereocenters. The zero-order chi connectivity index (χ0) is 26.7. The van der Waals surface area contributed by atoms with E-state index in [4.69, 9.17) is 5.10 Å². The first-order valence-electron chi connectivity index (χ1n) is 14.3. The molecule has 6 heteroatoms. The Bertz CT molecular complexity index is 1680. The molecule has 1 saturated carbocycles. The van der Waals surface area contributed by atoms with E-state index < -0.39 is 0 Å². The first-order chi connectivity index (χ1) is 19.1. The summed E-state index contributed by atoms with van der Waals surface area (Å²) in [5.74, 6) is 0.711. The molecule has 0 spiro atoms. The maximum atomic E-state index is 15.4. The van der Waals surface area contributed by atoms with Crippen LogP contribution in [-0.4, -0.2) is 26.3 Å². The van der Waals surface area contributed by atoms with Gasteiger partial charge in [0.05, 0.1) is 17.1 Å². The molecule has 0 radical (unpaired) electrons. The number of benzene rings is 2. The number of hydrogen-bond acceptors (Lipinski definition) is 3. The minimum absolute atomic E-state index is 0.218. The molecule has 1 aliphatic heterocycles. The predicted octanol–water partition coefficient (Wildman–Crippen LogP) is 7.43. The number of para-hydroxylation sites is 1. The highest BCUT2D eigenvalue weighted by molar-refractivity contribution is 5.97. The highest BCUT2D eigenvalue weighted by atomic mass is 19.1. The summed E-state index contributed by atoms with van der Waals surface area (Å²) in [5.41, 5.74) is 11.6. The molecule has 0 amide bonds. The van der Waals surface area contributed by atoms with E-state index in [1.807, 2.05) is 12.4 Å². The van der Waals surface area contributed by atoms with Crippen molar-refractivity contribution in [3.63, 3.8) is 0 Å². The summed E-state index contributed by atoms with van der Waals surface area (Å²) < 4.78 is 17.6. The number of anilines is 1. The summed E-state index contributed by atoms with van der Waals surface area (Å²) in [5, 5.41) is 6.47. The fourth-order valence-electron chi connectivity index (χ4n) is 6.31. The van der Waals surface area contributed by atoms with E-state index in [1.165, 1.54) is 27.8 Å². The Hall–Kier alpha value is -3.93. The minimum atomic E-state index is -0.218. The quantitative estimate of drug-likeness (QED) is 0.254. The summed E-state index contributed by atoms with van der Waals surface area (Å²) in [4.78, 5) is 10.2. The van der Waals surface area contributed by atoms with Crippen LogP contribution in [0.1, 0.15) is 66.1 Å². The van der Waals surface area contributed by atoms with Gasteiger partial charge in [0.2, 0.25) is 0 Å². The van der Waals surface area contributed by atoms with E-state index in [9.17, 15) is 0 Å². The van der Waals surface area contributed by atoms with Crippen LogP contribution in [0.2, 0.25) is 0 Å². The second-order valence-corrected chi connectivity index (χ2v) is 11.0. The third kappa shape index (κ3) is 3.96. The predicted molar refractivity (Wildman–Crippen MR) is 155 cm³/mol. The fraction of sp³-hybridized carbons (Fsp3) is 0.333. The molecule has 7 rings (SSSR count). The SMILES string of the molecule is CCc1cccc(CC)c1-n1nc2c(c1-c1ccc(C)c3[nH]ccc13)CN(c1ncc(C3CC3)cc1F)CC2. The van der Waals surface area contributed by atoms with E-state index in [0.717, 1.165) is 65.7 Å². The number of hydrogen-bond donors (Lipinski definition) is 1. The Morgan fingerprint density at radius 3 is 2.56 bits per heavy atom. The second-order valence-electron chi connectivity index (χ2n) is 11.0. The molecular formula is C33H34FN5. The smallest absolute Gasteiger partial charge is 0.165 e. The number of aryl methyl sites for hydroxylation is 3. The van der Waals surface area contributed by atoms with Crippen LogP contribution in [-0.2, 0) is 25.8 Å². The topological polar surface area (TPSA) is 49.7 Å². The standard InChI is InChI=1S/C33H34FN5/c1-4-21-7-6-8-22(5-2)31(21)39-32(26-12-9-20(3)30-25(26)13-15-35-30)27-19-38(16-14-29(27)37-39)33-28(34)17-24(18-36-33)23-10-11-23/h6-9,12-13,15,17-18,23,35H,4-5,10-11,14,16,19H2,1-3H3. The van der Waals surface area contributed by atoms with Crippen molar-refractivity contribution >= 4 is 16.7 Å². The first-order valence-corrected chi connectivity index (χ1v) is 14.3. The van der Waals surface area contributed by atoms with Crippen molar-refractivity contribution in [1.82, 2.24) is 19.7 Å². The van der Waals surface area contributed by atoms with Gasteiger partial charge in [-0.25, -0.2) is 14.1 Å². The fourth-order valence-corrected chi connectivity index (χ4v) is 6.31. The van der Waals surface area contributed by atoms with E-state index in [2.05, 4.69) is 76.7 Å². The van der Waals surface area contributed by atoms with Crippen molar-refractivity contribution in [2.45, 2.75) is 65.3 Å². The molecule has 2 aromatic carbocycles. The normalized spacial score (nSPS) is 15.2. The molecule has 0 saturated heterocycles. The molecule has 39 heavy (non-hydrogen) atoms. The van der Waals surface area contributed by atoms with Gasteiger partial charge in [0.25, 0.3) is 0 Å². The molecule has 198 valence electrons. The lowest BCUT2D eigenvalue weighted by molar-refractivity contribution is 0.597. The highest BCUT2D eigenvalue weighted by Crippen LogP contribution is 2.42. The lowest BCUT2D eigenvalue weighted by Gasteiger charge is -2.28. The lowest BCUT2D eigenvalue weighted by Crippen LogP contribution is -2.31. The van der Waals surface area contributed by atoms with E-state index in [0.29, 0.717) is 24.8 Å². The average Bonchev–Trinajstić information content (AvgIpc) is 3.57. The summed E-state index contributed by atoms with van der Waals surface area (Å²) >= 11 is 0. The van der Waals surface area contributed by atoms with Crippen molar-refractivity contribution in [3.8, 4) is 16.9 Å². The molecule has 1 aliphatic carbocycles. The number of nitrogens with one attached hydrogen (secondary N) is 1. The van der Waals surface area contributed by atoms with E-state index in [1.54, 1.807) is 6.07 Å². The number of aromatic nitrogens is 4. The van der Waals surface area contributed by atoms with Crippen LogP contribution in [0, 0.1) is 12.7 Å². The third-order valence-corrected chi connectivity index (χ3v) is 8.59. The van der Waals surface area contributed by atoms with Crippen molar-refractivity contribution in [3.05, 3.63) is 94.2 Å². The number of fused-ring (bicyclic) bond motifs is 2. The van der Waals surface area contributed by atoms with Gasteiger partial charge in [0.1, 0.15) is 0 Å². The number of H-pyrrole nitrogens is 1. The molecule has 0 bridgehead atoms. The monoisotopic (exact) mass is 519 g/mol. The molecule has 4 heterocycles. The van der Waals surface area contributed by atoms with E-state index >= 15 is 4.39 Å². The molecule has 1 fully saturated rings. The number of halogens is 1. The third-order valence-electron chi connectivity index (χ3n) is 8.59. The molecule has 2 aliphatic rings.